The highest BCUT2D eigenvalue weighted by atomic mass is 35.5. The van der Waals surface area contributed by atoms with Gasteiger partial charge in [0.1, 0.15) is 9.88 Å². The molecule has 1 heterocycles. The van der Waals surface area contributed by atoms with Gasteiger partial charge in [-0.25, -0.2) is 4.98 Å². The zero-order valence-corrected chi connectivity index (χ0v) is 17.2. The van der Waals surface area contributed by atoms with Gasteiger partial charge in [0, 0.05) is 22.8 Å². The summed E-state index contributed by atoms with van der Waals surface area (Å²) in [5, 5.41) is 4.41. The van der Waals surface area contributed by atoms with Gasteiger partial charge < -0.3 is 10.2 Å². The highest BCUT2D eigenvalue weighted by Crippen LogP contribution is 2.30. The van der Waals surface area contributed by atoms with Gasteiger partial charge in [0.05, 0.1) is 5.69 Å². The molecule has 0 atom stereocenters. The zero-order chi connectivity index (χ0) is 19.4. The quantitative estimate of drug-likeness (QED) is 0.625. The Morgan fingerprint density at radius 1 is 1.19 bits per heavy atom. The Labute approximate surface area is 168 Å². The van der Waals surface area contributed by atoms with Crippen LogP contribution in [0.2, 0.25) is 5.02 Å². The molecule has 0 saturated carbocycles. The molecule has 1 N–H and O–H groups in total. The molecule has 140 valence electrons. The van der Waals surface area contributed by atoms with Crippen LogP contribution in [0.15, 0.2) is 48.5 Å². The number of carbonyl (C=O) groups is 1. The first-order valence-corrected chi connectivity index (χ1v) is 9.90. The summed E-state index contributed by atoms with van der Waals surface area (Å²) >= 11 is 7.43. The lowest BCUT2D eigenvalue weighted by atomic mass is 10.1. The Bertz CT molecular complexity index is 935. The maximum absolute atomic E-state index is 12.7. The van der Waals surface area contributed by atoms with Gasteiger partial charge in [-0.2, -0.15) is 0 Å². The highest BCUT2D eigenvalue weighted by molar-refractivity contribution is 7.17. The van der Waals surface area contributed by atoms with Crippen molar-refractivity contribution in [1.82, 2.24) is 9.88 Å². The molecule has 2 aromatic carbocycles. The first-order valence-electron chi connectivity index (χ1n) is 8.71. The van der Waals surface area contributed by atoms with Gasteiger partial charge in [-0.3, -0.25) is 4.79 Å². The molecule has 0 spiro atoms. The van der Waals surface area contributed by atoms with Crippen LogP contribution in [-0.2, 0) is 6.42 Å². The molecule has 0 bridgehead atoms. The lowest BCUT2D eigenvalue weighted by Gasteiger charge is -2.10. The van der Waals surface area contributed by atoms with E-state index in [2.05, 4.69) is 41.4 Å². The Morgan fingerprint density at radius 2 is 1.93 bits per heavy atom. The molecule has 1 aromatic heterocycles. The number of amides is 1. The minimum Gasteiger partial charge on any atom is -0.321 e. The molecule has 3 aromatic rings. The lowest BCUT2D eigenvalue weighted by Crippen LogP contribution is -2.15. The van der Waals surface area contributed by atoms with Crippen molar-refractivity contribution in [1.29, 1.82) is 0 Å². The Morgan fingerprint density at radius 3 is 2.59 bits per heavy atom. The number of aryl methyl sites for hydroxylation is 1. The van der Waals surface area contributed by atoms with Crippen LogP contribution in [0.3, 0.4) is 0 Å². The van der Waals surface area contributed by atoms with Gasteiger partial charge in [-0.15, -0.1) is 11.3 Å². The summed E-state index contributed by atoms with van der Waals surface area (Å²) in [5.74, 6) is -0.140. The van der Waals surface area contributed by atoms with Crippen molar-refractivity contribution in [2.75, 3.05) is 26.0 Å². The number of hydrogen-bond acceptors (Lipinski definition) is 4. The molecular weight excluding hydrogens is 378 g/mol. The smallest absolute Gasteiger partial charge is 0.267 e. The Balaban J connectivity index is 1.71. The van der Waals surface area contributed by atoms with E-state index in [-0.39, 0.29) is 5.91 Å². The number of carbonyl (C=O) groups excluding carboxylic acids is 1. The van der Waals surface area contributed by atoms with E-state index < -0.39 is 0 Å². The molecule has 0 unspecified atom stereocenters. The van der Waals surface area contributed by atoms with E-state index in [0.29, 0.717) is 9.90 Å². The average Bonchev–Trinajstić information content (AvgIpc) is 3.03. The number of nitrogens with one attached hydrogen (secondary N) is 1. The SMILES string of the molecule is Cc1nc(-c2cccc(Cl)c2)sc1C(=O)Nc1ccc(CCN(C)C)cc1. The van der Waals surface area contributed by atoms with Crippen LogP contribution in [0.5, 0.6) is 0 Å². The molecule has 6 heteroatoms. The third-order valence-electron chi connectivity index (χ3n) is 4.13. The minimum atomic E-state index is -0.140. The fourth-order valence-corrected chi connectivity index (χ4v) is 3.80. The molecule has 0 aliphatic carbocycles. The second-order valence-electron chi connectivity index (χ2n) is 6.65. The number of benzene rings is 2. The number of likely N-dealkylation sites (N-methyl/N-ethyl adjacent to an activating group) is 1. The molecule has 0 aliphatic heterocycles. The van der Waals surface area contributed by atoms with Crippen LogP contribution in [-0.4, -0.2) is 36.4 Å². The van der Waals surface area contributed by atoms with Crippen LogP contribution in [0.4, 0.5) is 5.69 Å². The predicted molar refractivity (Wildman–Crippen MR) is 114 cm³/mol. The summed E-state index contributed by atoms with van der Waals surface area (Å²) in [6.45, 7) is 2.85. The molecule has 4 nitrogen and oxygen atoms in total. The summed E-state index contributed by atoms with van der Waals surface area (Å²) in [7, 11) is 4.12. The molecule has 27 heavy (non-hydrogen) atoms. The van der Waals surface area contributed by atoms with E-state index >= 15 is 0 Å². The van der Waals surface area contributed by atoms with Crippen molar-refractivity contribution >= 4 is 34.5 Å². The first kappa shape index (κ1) is 19.5. The Hall–Kier alpha value is -2.21. The van der Waals surface area contributed by atoms with Crippen LogP contribution in [0.1, 0.15) is 20.9 Å². The molecule has 0 aliphatic rings. The standard InChI is InChI=1S/C21H22ClN3OS/c1-14-19(27-21(23-14)16-5-4-6-17(22)13-16)20(26)24-18-9-7-15(8-10-18)11-12-25(2)3/h4-10,13H,11-12H2,1-3H3,(H,24,26). The second-order valence-corrected chi connectivity index (χ2v) is 8.08. The van der Waals surface area contributed by atoms with Crippen molar-refractivity contribution in [3.63, 3.8) is 0 Å². The number of hydrogen-bond donors (Lipinski definition) is 1. The Kier molecular flexibility index (Phi) is 6.26. The molecule has 1 amide bonds. The van der Waals surface area contributed by atoms with E-state index in [1.807, 2.05) is 43.3 Å². The monoisotopic (exact) mass is 399 g/mol. The van der Waals surface area contributed by atoms with Gasteiger partial charge >= 0.3 is 0 Å². The fraction of sp³-hybridized carbons (Fsp3) is 0.238. The highest BCUT2D eigenvalue weighted by Gasteiger charge is 2.16. The number of nitrogens with zero attached hydrogens (tertiary/aromatic N) is 2. The molecule has 0 radical (unpaired) electrons. The normalized spacial score (nSPS) is 11.0. The lowest BCUT2D eigenvalue weighted by molar-refractivity contribution is 0.103. The number of anilines is 1. The largest absolute Gasteiger partial charge is 0.321 e. The molecular formula is C21H22ClN3OS. The van der Waals surface area contributed by atoms with Crippen molar-refractivity contribution in [2.24, 2.45) is 0 Å². The fourth-order valence-electron chi connectivity index (χ4n) is 2.65. The van der Waals surface area contributed by atoms with Crippen LogP contribution < -0.4 is 5.32 Å². The number of rotatable bonds is 6. The van der Waals surface area contributed by atoms with E-state index in [0.717, 1.165) is 34.9 Å². The zero-order valence-electron chi connectivity index (χ0n) is 15.6. The van der Waals surface area contributed by atoms with E-state index in [9.17, 15) is 4.79 Å². The number of halogens is 1. The molecule has 3 rings (SSSR count). The van der Waals surface area contributed by atoms with Gasteiger partial charge in [-0.05, 0) is 57.3 Å². The maximum Gasteiger partial charge on any atom is 0.267 e. The molecule has 0 saturated heterocycles. The third kappa shape index (κ3) is 5.16. The summed E-state index contributed by atoms with van der Waals surface area (Å²) < 4.78 is 0. The summed E-state index contributed by atoms with van der Waals surface area (Å²) in [6.07, 6.45) is 0.984. The predicted octanol–water partition coefficient (Wildman–Crippen LogP) is 5.13. The minimum absolute atomic E-state index is 0.140. The first-order chi connectivity index (χ1) is 12.9. The van der Waals surface area contributed by atoms with E-state index in [1.54, 1.807) is 0 Å². The maximum atomic E-state index is 12.7. The van der Waals surface area contributed by atoms with Crippen molar-refractivity contribution in [3.8, 4) is 10.6 Å². The topological polar surface area (TPSA) is 45.2 Å². The van der Waals surface area contributed by atoms with E-state index in [4.69, 9.17) is 11.6 Å². The van der Waals surface area contributed by atoms with Gasteiger partial charge in [0.2, 0.25) is 0 Å². The van der Waals surface area contributed by atoms with Gasteiger partial charge in [0.25, 0.3) is 5.91 Å². The van der Waals surface area contributed by atoms with Crippen LogP contribution >= 0.6 is 22.9 Å². The van der Waals surface area contributed by atoms with Gasteiger partial charge in [0.15, 0.2) is 0 Å². The van der Waals surface area contributed by atoms with E-state index in [1.165, 1.54) is 16.9 Å². The van der Waals surface area contributed by atoms with Crippen LogP contribution in [0, 0.1) is 6.92 Å². The summed E-state index contributed by atoms with van der Waals surface area (Å²) in [5.41, 5.74) is 3.67. The molecule has 0 fully saturated rings. The number of aromatic nitrogens is 1. The van der Waals surface area contributed by atoms with Crippen molar-refractivity contribution in [2.45, 2.75) is 13.3 Å². The number of thiazole rings is 1. The van der Waals surface area contributed by atoms with Gasteiger partial charge in [-0.1, -0.05) is 35.9 Å². The summed E-state index contributed by atoms with van der Waals surface area (Å²) in [6, 6.07) is 15.5. The average molecular weight is 400 g/mol. The van der Waals surface area contributed by atoms with Crippen molar-refractivity contribution < 1.29 is 4.79 Å². The summed E-state index contributed by atoms with van der Waals surface area (Å²) in [4.78, 5) is 20.0. The van der Waals surface area contributed by atoms with Crippen molar-refractivity contribution in [3.05, 3.63) is 69.7 Å². The third-order valence-corrected chi connectivity index (χ3v) is 5.57. The van der Waals surface area contributed by atoms with Crippen LogP contribution in [0.25, 0.3) is 10.6 Å². The second kappa shape index (κ2) is 8.65.